The number of amides is 3. The quantitative estimate of drug-likeness (QED) is 0.785. The second-order valence-electron chi connectivity index (χ2n) is 6.46. The van der Waals surface area contributed by atoms with Crippen molar-refractivity contribution in [1.82, 2.24) is 15.1 Å². The summed E-state index contributed by atoms with van der Waals surface area (Å²) in [7, 11) is 0. The van der Waals surface area contributed by atoms with Crippen molar-refractivity contribution in [2.75, 3.05) is 39.4 Å². The van der Waals surface area contributed by atoms with Crippen LogP contribution in [0.3, 0.4) is 0 Å². The maximum absolute atomic E-state index is 12.3. The molecule has 1 atom stereocenters. The third kappa shape index (κ3) is 4.77. The van der Waals surface area contributed by atoms with Gasteiger partial charge in [-0.25, -0.2) is 9.59 Å². The van der Waals surface area contributed by atoms with Crippen molar-refractivity contribution in [3.63, 3.8) is 0 Å². The highest BCUT2D eigenvalue weighted by molar-refractivity contribution is 5.75. The third-order valence-corrected chi connectivity index (χ3v) is 3.46. The summed E-state index contributed by atoms with van der Waals surface area (Å²) in [5, 5.41) is 2.82. The van der Waals surface area contributed by atoms with Gasteiger partial charge in [-0.3, -0.25) is 0 Å². The van der Waals surface area contributed by atoms with Crippen LogP contribution in [0, 0.1) is 0 Å². The number of alkyl carbamates (subject to hydrolysis) is 1. The van der Waals surface area contributed by atoms with Crippen molar-refractivity contribution in [2.24, 2.45) is 0 Å². The van der Waals surface area contributed by atoms with Gasteiger partial charge in [-0.1, -0.05) is 0 Å². The van der Waals surface area contributed by atoms with Gasteiger partial charge in [0.25, 0.3) is 0 Å². The monoisotopic (exact) mass is 299 g/mol. The zero-order valence-electron chi connectivity index (χ0n) is 13.1. The maximum Gasteiger partial charge on any atom is 0.407 e. The van der Waals surface area contributed by atoms with Gasteiger partial charge in [-0.15, -0.1) is 0 Å². The Hall–Kier alpha value is -1.50. The average molecular weight is 299 g/mol. The number of nitrogens with one attached hydrogen (secondary N) is 1. The molecular weight excluding hydrogens is 274 g/mol. The third-order valence-electron chi connectivity index (χ3n) is 3.46. The molecule has 2 rings (SSSR count). The summed E-state index contributed by atoms with van der Waals surface area (Å²) in [6, 6.07) is -0.00312. The molecule has 3 amide bonds. The molecule has 0 radical (unpaired) electrons. The molecule has 2 saturated heterocycles. The van der Waals surface area contributed by atoms with Gasteiger partial charge in [0.1, 0.15) is 5.60 Å². The number of carbonyl (C=O) groups is 2. The van der Waals surface area contributed by atoms with E-state index in [1.54, 1.807) is 9.80 Å². The Kier molecular flexibility index (Phi) is 4.92. The van der Waals surface area contributed by atoms with Crippen molar-refractivity contribution in [3.05, 3.63) is 0 Å². The number of ether oxygens (including phenoxy) is 2. The lowest BCUT2D eigenvalue weighted by Crippen LogP contribution is -2.48. The van der Waals surface area contributed by atoms with Gasteiger partial charge in [-0.2, -0.15) is 0 Å². The van der Waals surface area contributed by atoms with Gasteiger partial charge in [0.2, 0.25) is 0 Å². The lowest BCUT2D eigenvalue weighted by atomic mass is 10.2. The smallest absolute Gasteiger partial charge is 0.407 e. The van der Waals surface area contributed by atoms with Crippen LogP contribution in [0.1, 0.15) is 27.2 Å². The molecule has 1 unspecified atom stereocenters. The van der Waals surface area contributed by atoms with Crippen molar-refractivity contribution in [1.29, 1.82) is 0 Å². The van der Waals surface area contributed by atoms with Gasteiger partial charge >= 0.3 is 12.1 Å². The highest BCUT2D eigenvalue weighted by atomic mass is 16.6. The van der Waals surface area contributed by atoms with Crippen molar-refractivity contribution >= 4 is 12.1 Å². The number of hydrogen-bond acceptors (Lipinski definition) is 4. The first-order valence-corrected chi connectivity index (χ1v) is 7.46. The second kappa shape index (κ2) is 6.51. The fourth-order valence-electron chi connectivity index (χ4n) is 2.48. The average Bonchev–Trinajstić information content (AvgIpc) is 2.85. The molecule has 21 heavy (non-hydrogen) atoms. The summed E-state index contributed by atoms with van der Waals surface area (Å²) in [6.45, 7) is 9.16. The van der Waals surface area contributed by atoms with Crippen LogP contribution < -0.4 is 5.32 Å². The highest BCUT2D eigenvalue weighted by Gasteiger charge is 2.31. The van der Waals surface area contributed by atoms with Gasteiger partial charge < -0.3 is 24.6 Å². The van der Waals surface area contributed by atoms with Crippen LogP contribution in [0.25, 0.3) is 0 Å². The van der Waals surface area contributed by atoms with Crippen LogP contribution in [0.5, 0.6) is 0 Å². The van der Waals surface area contributed by atoms with Crippen LogP contribution in [-0.4, -0.2) is 73.0 Å². The van der Waals surface area contributed by atoms with Crippen LogP contribution in [0.2, 0.25) is 0 Å². The van der Waals surface area contributed by atoms with E-state index in [4.69, 9.17) is 9.47 Å². The van der Waals surface area contributed by atoms with Crippen LogP contribution >= 0.6 is 0 Å². The van der Waals surface area contributed by atoms with Crippen LogP contribution in [0.15, 0.2) is 0 Å². The van der Waals surface area contributed by atoms with E-state index in [-0.39, 0.29) is 12.1 Å². The molecule has 0 saturated carbocycles. The predicted octanol–water partition coefficient (Wildman–Crippen LogP) is 1.04. The minimum atomic E-state index is -0.508. The molecule has 2 heterocycles. The lowest BCUT2D eigenvalue weighted by molar-refractivity contribution is 0.0442. The molecule has 7 heteroatoms. The van der Waals surface area contributed by atoms with Crippen LogP contribution in [0.4, 0.5) is 9.59 Å². The summed E-state index contributed by atoms with van der Waals surface area (Å²) >= 11 is 0. The molecule has 0 bridgehead atoms. The molecule has 2 aliphatic rings. The predicted molar refractivity (Wildman–Crippen MR) is 77.1 cm³/mol. The normalized spacial score (nSPS) is 23.1. The fourth-order valence-corrected chi connectivity index (χ4v) is 2.48. The summed E-state index contributed by atoms with van der Waals surface area (Å²) in [6.07, 6.45) is 0.336. The molecule has 0 aromatic carbocycles. The number of morpholine rings is 1. The zero-order valence-corrected chi connectivity index (χ0v) is 13.1. The second-order valence-corrected chi connectivity index (χ2v) is 6.46. The number of nitrogens with zero attached hydrogens (tertiary/aromatic N) is 2. The summed E-state index contributed by atoms with van der Waals surface area (Å²) < 4.78 is 10.5. The molecule has 0 aromatic heterocycles. The van der Waals surface area contributed by atoms with Gasteiger partial charge in [0.15, 0.2) is 0 Å². The number of urea groups is 1. The van der Waals surface area contributed by atoms with Crippen molar-refractivity contribution in [2.45, 2.75) is 38.8 Å². The molecule has 0 aliphatic carbocycles. The largest absolute Gasteiger partial charge is 0.444 e. The Morgan fingerprint density at radius 3 is 2.43 bits per heavy atom. The number of hydrogen-bond donors (Lipinski definition) is 1. The topological polar surface area (TPSA) is 71.1 Å². The maximum atomic E-state index is 12.3. The first-order chi connectivity index (χ1) is 9.85. The lowest BCUT2D eigenvalue weighted by Gasteiger charge is -2.31. The SMILES string of the molecule is CC(C)(C)OC(=O)NC1CCN(C(=O)N2CCOCC2)C1. The van der Waals surface area contributed by atoms with Gasteiger partial charge in [-0.05, 0) is 27.2 Å². The number of carbonyl (C=O) groups excluding carboxylic acids is 2. The standard InChI is InChI=1S/C14H25N3O4/c1-14(2,3)21-12(18)15-11-4-5-17(10-11)13(19)16-6-8-20-9-7-16/h11H,4-10H2,1-3H3,(H,15,18). The van der Waals surface area contributed by atoms with E-state index in [2.05, 4.69) is 5.32 Å². The Labute approximate surface area is 125 Å². The van der Waals surface area contributed by atoms with E-state index >= 15 is 0 Å². The summed E-state index contributed by atoms with van der Waals surface area (Å²) in [5.41, 5.74) is -0.508. The summed E-state index contributed by atoms with van der Waals surface area (Å²) in [4.78, 5) is 27.6. The van der Waals surface area contributed by atoms with Gasteiger partial charge in [0, 0.05) is 26.2 Å². The molecule has 120 valence electrons. The molecular formula is C14H25N3O4. The Balaban J connectivity index is 1.77. The van der Waals surface area contributed by atoms with E-state index in [0.29, 0.717) is 39.4 Å². The van der Waals surface area contributed by atoms with Crippen molar-refractivity contribution in [3.8, 4) is 0 Å². The summed E-state index contributed by atoms with van der Waals surface area (Å²) in [5.74, 6) is 0. The fraction of sp³-hybridized carbons (Fsp3) is 0.857. The van der Waals surface area contributed by atoms with Crippen LogP contribution in [-0.2, 0) is 9.47 Å². The Bertz CT molecular complexity index is 388. The van der Waals surface area contributed by atoms with Crippen molar-refractivity contribution < 1.29 is 19.1 Å². The molecule has 2 fully saturated rings. The van der Waals surface area contributed by atoms with Gasteiger partial charge in [0.05, 0.1) is 19.3 Å². The number of rotatable bonds is 1. The first-order valence-electron chi connectivity index (χ1n) is 7.46. The van der Waals surface area contributed by atoms with E-state index in [0.717, 1.165) is 6.42 Å². The molecule has 7 nitrogen and oxygen atoms in total. The van der Waals surface area contributed by atoms with E-state index in [1.165, 1.54) is 0 Å². The molecule has 1 N–H and O–H groups in total. The zero-order chi connectivity index (χ0) is 15.5. The first kappa shape index (κ1) is 15.9. The molecule has 0 spiro atoms. The molecule has 0 aromatic rings. The van der Waals surface area contributed by atoms with E-state index < -0.39 is 11.7 Å². The minimum Gasteiger partial charge on any atom is -0.444 e. The van der Waals surface area contributed by atoms with E-state index in [9.17, 15) is 9.59 Å². The Morgan fingerprint density at radius 1 is 1.14 bits per heavy atom. The molecule has 2 aliphatic heterocycles. The number of likely N-dealkylation sites (tertiary alicyclic amines) is 1. The highest BCUT2D eigenvalue weighted by Crippen LogP contribution is 2.14. The van der Waals surface area contributed by atoms with E-state index in [1.807, 2.05) is 20.8 Å². The minimum absolute atomic E-state index is 0.0341. The Morgan fingerprint density at radius 2 is 1.81 bits per heavy atom.